The van der Waals surface area contributed by atoms with E-state index >= 15 is 0 Å². The lowest BCUT2D eigenvalue weighted by Gasteiger charge is -2.27. The molecular weight excluding hydrogens is 861 g/mol. The van der Waals surface area contributed by atoms with Crippen LogP contribution in [0.25, 0.3) is 0 Å². The van der Waals surface area contributed by atoms with Gasteiger partial charge in [0.15, 0.2) is 0 Å². The number of fused-ring (bicyclic) bond motifs is 1. The lowest BCUT2D eigenvalue weighted by molar-refractivity contribution is -0.150. The van der Waals surface area contributed by atoms with Gasteiger partial charge in [-0.1, -0.05) is 143 Å². The SMILES string of the molecule is CCCCCCCCC(CCCCCC)OC(=O)CCCCC(=O)N1CCc2c(sc(NC(=O)CCCCCOC(=O)C(CCCCCC)CCCCCCCC)c2C(=O)NCCN(C)C)C1. The molecule has 2 atom stereocenters. The van der Waals surface area contributed by atoms with E-state index in [0.29, 0.717) is 94.7 Å². The Morgan fingerprint density at radius 3 is 1.76 bits per heavy atom. The molecule has 1 aliphatic heterocycles. The van der Waals surface area contributed by atoms with E-state index < -0.39 is 0 Å². The van der Waals surface area contributed by atoms with E-state index in [4.69, 9.17) is 9.47 Å². The zero-order valence-corrected chi connectivity index (χ0v) is 44.5. The molecule has 1 aliphatic rings. The van der Waals surface area contributed by atoms with Gasteiger partial charge >= 0.3 is 11.9 Å². The number of carbonyl (C=O) groups is 5. The van der Waals surface area contributed by atoms with Gasteiger partial charge in [0.25, 0.3) is 5.91 Å². The van der Waals surface area contributed by atoms with Crippen LogP contribution >= 0.6 is 11.3 Å². The first-order valence-corrected chi connectivity index (χ1v) is 28.4. The van der Waals surface area contributed by atoms with E-state index in [9.17, 15) is 24.0 Å². The van der Waals surface area contributed by atoms with Gasteiger partial charge in [0.05, 0.1) is 24.6 Å². The topological polar surface area (TPSA) is 134 Å². The molecule has 1 aromatic rings. The second-order valence-corrected chi connectivity index (χ2v) is 20.8. The highest BCUT2D eigenvalue weighted by Gasteiger charge is 2.30. The van der Waals surface area contributed by atoms with Crippen molar-refractivity contribution in [2.24, 2.45) is 5.92 Å². The maximum absolute atomic E-state index is 13.7. The summed E-state index contributed by atoms with van der Waals surface area (Å²) in [5.41, 5.74) is 1.41. The Hall–Kier alpha value is -2.99. The van der Waals surface area contributed by atoms with Crippen molar-refractivity contribution in [1.82, 2.24) is 15.1 Å². The smallest absolute Gasteiger partial charge is 0.308 e. The fourth-order valence-electron chi connectivity index (χ4n) is 9.00. The fraction of sp³-hybridized carbons (Fsp3) is 0.836. The number of anilines is 1. The van der Waals surface area contributed by atoms with Crippen LogP contribution in [0, 0.1) is 5.92 Å². The molecule has 0 radical (unpaired) electrons. The summed E-state index contributed by atoms with van der Waals surface area (Å²) in [5.74, 6) is -0.553. The van der Waals surface area contributed by atoms with Gasteiger partial charge < -0.3 is 29.9 Å². The lowest BCUT2D eigenvalue weighted by Crippen LogP contribution is -2.36. The Morgan fingerprint density at radius 1 is 0.642 bits per heavy atom. The number of carbonyl (C=O) groups excluding carboxylic acids is 5. The minimum atomic E-state index is -0.210. The Bertz CT molecular complexity index is 1500. The molecule has 0 aliphatic carbocycles. The van der Waals surface area contributed by atoms with Crippen LogP contribution in [-0.4, -0.2) is 85.9 Å². The fourth-order valence-corrected chi connectivity index (χ4v) is 10.3. The van der Waals surface area contributed by atoms with Crippen LogP contribution in [-0.2, 0) is 41.6 Å². The molecule has 0 spiro atoms. The van der Waals surface area contributed by atoms with Crippen molar-refractivity contribution in [3.8, 4) is 0 Å². The highest BCUT2D eigenvalue weighted by atomic mass is 32.1. The second-order valence-electron chi connectivity index (χ2n) is 19.7. The molecule has 67 heavy (non-hydrogen) atoms. The summed E-state index contributed by atoms with van der Waals surface area (Å²) in [5, 5.41) is 6.64. The van der Waals surface area contributed by atoms with Gasteiger partial charge in [-0.3, -0.25) is 24.0 Å². The first-order chi connectivity index (χ1) is 32.5. The predicted molar refractivity (Wildman–Crippen MR) is 278 cm³/mol. The van der Waals surface area contributed by atoms with Crippen molar-refractivity contribution in [3.05, 3.63) is 16.0 Å². The summed E-state index contributed by atoms with van der Waals surface area (Å²) >= 11 is 1.39. The standard InChI is InChI=1S/C55H98N4O7S/c1-7-11-15-19-21-25-33-45(32-24-17-13-9-3)55(64)65-43-31-23-28-36-49(60)57-54-52(53(63)56-40-42-58(5)6)47-39-41-59(44-48(47)67-54)50(61)37-29-30-38-51(62)66-46(34-26-18-14-10-4)35-27-22-20-16-12-8-2/h45-46H,7-44H2,1-6H3,(H,56,63)(H,57,60). The number of amides is 3. The molecule has 12 heteroatoms. The minimum absolute atomic E-state index is 0.00879. The molecule has 0 bridgehead atoms. The van der Waals surface area contributed by atoms with Crippen LogP contribution in [0.4, 0.5) is 5.00 Å². The summed E-state index contributed by atoms with van der Waals surface area (Å²) in [7, 11) is 3.91. The van der Waals surface area contributed by atoms with Crippen LogP contribution in [0.5, 0.6) is 0 Å². The summed E-state index contributed by atoms with van der Waals surface area (Å²) in [6.45, 7) is 11.3. The number of rotatable bonds is 42. The molecule has 2 N–H and O–H groups in total. The molecule has 1 aromatic heterocycles. The Labute approximate surface area is 412 Å². The molecular formula is C55H98N4O7S. The first kappa shape index (κ1) is 60.1. The first-order valence-electron chi connectivity index (χ1n) is 27.5. The molecule has 0 fully saturated rings. The van der Waals surface area contributed by atoms with Crippen LogP contribution in [0.1, 0.15) is 254 Å². The van der Waals surface area contributed by atoms with Crippen LogP contribution in [0.3, 0.4) is 0 Å². The Kier molecular flexibility index (Phi) is 34.8. The molecule has 3 amide bonds. The van der Waals surface area contributed by atoms with Gasteiger partial charge in [0.2, 0.25) is 11.8 Å². The maximum atomic E-state index is 13.7. The normalized spacial score (nSPS) is 13.3. The predicted octanol–water partition coefficient (Wildman–Crippen LogP) is 13.5. The minimum Gasteiger partial charge on any atom is -0.465 e. The monoisotopic (exact) mass is 959 g/mol. The summed E-state index contributed by atoms with van der Waals surface area (Å²) in [6, 6.07) is 0. The molecule has 0 saturated carbocycles. The van der Waals surface area contributed by atoms with Gasteiger partial charge in [-0.2, -0.15) is 0 Å². The van der Waals surface area contributed by atoms with E-state index in [-0.39, 0.29) is 41.7 Å². The van der Waals surface area contributed by atoms with Crippen LogP contribution in [0.15, 0.2) is 0 Å². The number of hydrogen-bond acceptors (Lipinski definition) is 9. The van der Waals surface area contributed by atoms with E-state index in [1.54, 1.807) is 0 Å². The highest BCUT2D eigenvalue weighted by molar-refractivity contribution is 7.17. The molecule has 0 saturated heterocycles. The Morgan fingerprint density at radius 2 is 1.16 bits per heavy atom. The molecule has 386 valence electrons. The van der Waals surface area contributed by atoms with E-state index in [1.165, 1.54) is 108 Å². The second kappa shape index (κ2) is 38.8. The van der Waals surface area contributed by atoms with E-state index in [1.807, 2.05) is 23.9 Å². The van der Waals surface area contributed by atoms with Crippen molar-refractivity contribution in [1.29, 1.82) is 0 Å². The number of unbranched alkanes of at least 4 members (excludes halogenated alkanes) is 19. The van der Waals surface area contributed by atoms with Gasteiger partial charge in [-0.15, -0.1) is 11.3 Å². The average molecular weight is 959 g/mol. The zero-order chi connectivity index (χ0) is 48.9. The summed E-state index contributed by atoms with van der Waals surface area (Å²) < 4.78 is 11.8. The maximum Gasteiger partial charge on any atom is 0.308 e. The molecule has 0 aromatic carbocycles. The lowest BCUT2D eigenvalue weighted by atomic mass is 9.94. The number of hydrogen-bond donors (Lipinski definition) is 2. The average Bonchev–Trinajstić information content (AvgIpc) is 3.67. The van der Waals surface area contributed by atoms with Crippen molar-refractivity contribution < 1.29 is 33.4 Å². The van der Waals surface area contributed by atoms with Crippen LogP contribution in [0.2, 0.25) is 0 Å². The third-order valence-electron chi connectivity index (χ3n) is 13.3. The van der Waals surface area contributed by atoms with Crippen molar-refractivity contribution >= 4 is 46.0 Å². The third-order valence-corrected chi connectivity index (χ3v) is 14.4. The molecule has 2 heterocycles. The summed E-state index contributed by atoms with van der Waals surface area (Å²) in [6.07, 6.45) is 32.4. The van der Waals surface area contributed by atoms with Crippen LogP contribution < -0.4 is 10.6 Å². The van der Waals surface area contributed by atoms with Gasteiger partial charge in [0, 0.05) is 43.8 Å². The number of esters is 2. The Balaban J connectivity index is 1.89. The van der Waals surface area contributed by atoms with Gasteiger partial charge in [0.1, 0.15) is 11.1 Å². The number of likely N-dealkylation sites (N-methyl/N-ethyl adjacent to an activating group) is 1. The van der Waals surface area contributed by atoms with Gasteiger partial charge in [-0.05, 0) is 96.7 Å². The van der Waals surface area contributed by atoms with E-state index in [2.05, 4.69) is 38.3 Å². The number of nitrogens with one attached hydrogen (secondary N) is 2. The van der Waals surface area contributed by atoms with Crippen molar-refractivity contribution in [2.45, 2.75) is 252 Å². The number of thiophene rings is 1. The largest absolute Gasteiger partial charge is 0.465 e. The van der Waals surface area contributed by atoms with Crippen molar-refractivity contribution in [2.75, 3.05) is 45.7 Å². The van der Waals surface area contributed by atoms with Crippen molar-refractivity contribution in [3.63, 3.8) is 0 Å². The summed E-state index contributed by atoms with van der Waals surface area (Å²) in [4.78, 5) is 71.2. The zero-order valence-electron chi connectivity index (χ0n) is 43.7. The quantitative estimate of drug-likeness (QED) is 0.0489. The molecule has 2 rings (SSSR count). The number of ether oxygens (including phenoxy) is 2. The number of nitrogens with zero attached hydrogens (tertiary/aromatic N) is 2. The highest BCUT2D eigenvalue weighted by Crippen LogP contribution is 2.38. The third kappa shape index (κ3) is 27.7. The van der Waals surface area contributed by atoms with E-state index in [0.717, 1.165) is 74.6 Å². The molecule has 11 nitrogen and oxygen atoms in total. The molecule has 2 unspecified atom stereocenters. The van der Waals surface area contributed by atoms with Gasteiger partial charge in [-0.25, -0.2) is 0 Å².